The van der Waals surface area contributed by atoms with E-state index in [-0.39, 0.29) is 5.75 Å². The van der Waals surface area contributed by atoms with E-state index in [2.05, 4.69) is 31.3 Å². The Kier molecular flexibility index (Phi) is 4.75. The lowest BCUT2D eigenvalue weighted by Gasteiger charge is -2.15. The second kappa shape index (κ2) is 7.37. The first-order valence-corrected chi connectivity index (χ1v) is 9.15. The standard InChI is InChI=1S/C23H21NO4/c1-24(13-15-3-4-17-10-20(27-2)7-5-16(17)9-15)14-18-11-23(26)28-22-12-19(25)6-8-21(18)22/h3-12,25H,13-14H2,1-2H3/p+1. The first-order chi connectivity index (χ1) is 13.5. The van der Waals surface area contributed by atoms with Gasteiger partial charge in [-0.2, -0.15) is 0 Å². The number of aromatic hydroxyl groups is 1. The number of methoxy groups -OCH3 is 1. The van der Waals surface area contributed by atoms with Gasteiger partial charge in [-0.15, -0.1) is 0 Å². The van der Waals surface area contributed by atoms with Gasteiger partial charge < -0.3 is 19.2 Å². The predicted molar refractivity (Wildman–Crippen MR) is 109 cm³/mol. The fourth-order valence-corrected chi connectivity index (χ4v) is 3.61. The van der Waals surface area contributed by atoms with Crippen molar-refractivity contribution in [3.05, 3.63) is 82.2 Å². The molecule has 1 heterocycles. The van der Waals surface area contributed by atoms with Gasteiger partial charge in [-0.3, -0.25) is 0 Å². The molecular weight excluding hydrogens is 354 g/mol. The highest BCUT2D eigenvalue weighted by Crippen LogP contribution is 2.23. The third-order valence-electron chi connectivity index (χ3n) is 4.92. The van der Waals surface area contributed by atoms with E-state index in [9.17, 15) is 9.90 Å². The van der Waals surface area contributed by atoms with Gasteiger partial charge in [0.25, 0.3) is 0 Å². The molecule has 2 N–H and O–H groups in total. The van der Waals surface area contributed by atoms with E-state index in [1.807, 2.05) is 12.1 Å². The fraction of sp³-hybridized carbons (Fsp3) is 0.174. The molecule has 4 aromatic rings. The zero-order valence-electron chi connectivity index (χ0n) is 15.9. The molecule has 5 nitrogen and oxygen atoms in total. The maximum Gasteiger partial charge on any atom is 0.336 e. The average molecular weight is 376 g/mol. The number of hydrogen-bond acceptors (Lipinski definition) is 4. The summed E-state index contributed by atoms with van der Waals surface area (Å²) in [5.74, 6) is 0.935. The van der Waals surface area contributed by atoms with Crippen molar-refractivity contribution in [2.75, 3.05) is 14.2 Å². The van der Waals surface area contributed by atoms with E-state index in [1.165, 1.54) is 28.0 Å². The summed E-state index contributed by atoms with van der Waals surface area (Å²) in [5, 5.41) is 12.8. The molecule has 0 bridgehead atoms. The maximum atomic E-state index is 11.9. The Morgan fingerprint density at radius 2 is 1.75 bits per heavy atom. The van der Waals surface area contributed by atoms with Crippen LogP contribution in [0.5, 0.6) is 11.5 Å². The molecule has 0 spiro atoms. The van der Waals surface area contributed by atoms with Crippen LogP contribution < -0.4 is 15.3 Å². The predicted octanol–water partition coefficient (Wildman–Crippen LogP) is 2.88. The zero-order valence-corrected chi connectivity index (χ0v) is 15.9. The molecule has 4 rings (SSSR count). The summed E-state index contributed by atoms with van der Waals surface area (Å²) in [7, 11) is 3.77. The quantitative estimate of drug-likeness (QED) is 0.526. The Balaban J connectivity index is 1.58. The van der Waals surface area contributed by atoms with Crippen molar-refractivity contribution in [3.63, 3.8) is 0 Å². The molecule has 1 unspecified atom stereocenters. The van der Waals surface area contributed by atoms with E-state index >= 15 is 0 Å². The van der Waals surface area contributed by atoms with Gasteiger partial charge in [-0.1, -0.05) is 18.2 Å². The molecule has 0 fully saturated rings. The number of fused-ring (bicyclic) bond motifs is 2. The summed E-state index contributed by atoms with van der Waals surface area (Å²) < 4.78 is 10.5. The number of nitrogens with one attached hydrogen (secondary N) is 1. The molecule has 0 aliphatic heterocycles. The Labute approximate surface area is 162 Å². The van der Waals surface area contributed by atoms with Gasteiger partial charge in [-0.05, 0) is 41.1 Å². The summed E-state index contributed by atoms with van der Waals surface area (Å²) in [4.78, 5) is 13.1. The monoisotopic (exact) mass is 376 g/mol. The lowest BCUT2D eigenvalue weighted by molar-refractivity contribution is -0.907. The number of benzene rings is 3. The van der Waals surface area contributed by atoms with Crippen LogP contribution in [0.1, 0.15) is 11.1 Å². The van der Waals surface area contributed by atoms with Crippen molar-refractivity contribution < 1.29 is 19.2 Å². The molecule has 1 aromatic heterocycles. The smallest absolute Gasteiger partial charge is 0.336 e. The second-order valence-electron chi connectivity index (χ2n) is 7.13. The van der Waals surface area contributed by atoms with Crippen LogP contribution in [0.25, 0.3) is 21.7 Å². The van der Waals surface area contributed by atoms with Crippen LogP contribution in [0, 0.1) is 0 Å². The minimum absolute atomic E-state index is 0.0845. The zero-order chi connectivity index (χ0) is 19.7. The van der Waals surface area contributed by atoms with E-state index in [0.717, 1.165) is 28.6 Å². The van der Waals surface area contributed by atoms with E-state index < -0.39 is 5.63 Å². The van der Waals surface area contributed by atoms with E-state index in [4.69, 9.17) is 9.15 Å². The summed E-state index contributed by atoms with van der Waals surface area (Å²) in [6, 6.07) is 18.9. The lowest BCUT2D eigenvalue weighted by atomic mass is 10.1. The number of phenolic OH excluding ortho intramolecular Hbond substituents is 1. The Morgan fingerprint density at radius 3 is 2.57 bits per heavy atom. The number of quaternary nitrogens is 1. The molecule has 0 amide bonds. The molecule has 0 aliphatic rings. The number of hydrogen-bond donors (Lipinski definition) is 2. The minimum Gasteiger partial charge on any atom is -0.508 e. The van der Waals surface area contributed by atoms with Crippen molar-refractivity contribution >= 4 is 21.7 Å². The summed E-state index contributed by atoms with van der Waals surface area (Å²) in [6.45, 7) is 1.50. The molecule has 1 atom stereocenters. The molecule has 5 heteroatoms. The number of phenols is 1. The van der Waals surface area contributed by atoms with Crippen LogP contribution in [-0.2, 0) is 13.1 Å². The van der Waals surface area contributed by atoms with Crippen molar-refractivity contribution in [2.45, 2.75) is 13.1 Å². The molecule has 3 aromatic carbocycles. The largest absolute Gasteiger partial charge is 0.508 e. The maximum absolute atomic E-state index is 11.9. The van der Waals surface area contributed by atoms with Gasteiger partial charge in [0, 0.05) is 28.6 Å². The Hall–Kier alpha value is -3.31. The van der Waals surface area contributed by atoms with Crippen LogP contribution >= 0.6 is 0 Å². The first-order valence-electron chi connectivity index (χ1n) is 9.15. The summed E-state index contributed by atoms with van der Waals surface area (Å²) in [5.41, 5.74) is 2.14. The molecule has 142 valence electrons. The van der Waals surface area contributed by atoms with E-state index in [0.29, 0.717) is 12.1 Å². The highest BCUT2D eigenvalue weighted by molar-refractivity contribution is 5.84. The number of rotatable bonds is 5. The van der Waals surface area contributed by atoms with E-state index in [1.54, 1.807) is 19.2 Å². The van der Waals surface area contributed by atoms with Crippen molar-refractivity contribution in [1.29, 1.82) is 0 Å². The SMILES string of the molecule is COc1ccc2cc(C[NH+](C)Cc3cc(=O)oc4cc(O)ccc34)ccc2c1. The highest BCUT2D eigenvalue weighted by atomic mass is 16.5. The number of ether oxygens (including phenoxy) is 1. The average Bonchev–Trinajstić information content (AvgIpc) is 2.67. The van der Waals surface area contributed by atoms with Crippen LogP contribution in [0.15, 0.2) is 69.9 Å². The van der Waals surface area contributed by atoms with Crippen molar-refractivity contribution in [2.24, 2.45) is 0 Å². The Morgan fingerprint density at radius 1 is 0.964 bits per heavy atom. The molecule has 0 saturated heterocycles. The lowest BCUT2D eigenvalue weighted by Crippen LogP contribution is -3.06. The summed E-state index contributed by atoms with van der Waals surface area (Å²) in [6.07, 6.45) is 0. The third kappa shape index (κ3) is 3.70. The van der Waals surface area contributed by atoms with Crippen LogP contribution in [-0.4, -0.2) is 19.3 Å². The molecule has 0 saturated carbocycles. The van der Waals surface area contributed by atoms with Crippen LogP contribution in [0.2, 0.25) is 0 Å². The van der Waals surface area contributed by atoms with Crippen LogP contribution in [0.3, 0.4) is 0 Å². The van der Waals surface area contributed by atoms with Gasteiger partial charge >= 0.3 is 5.63 Å². The Bertz CT molecular complexity index is 1210. The third-order valence-corrected chi connectivity index (χ3v) is 4.92. The minimum atomic E-state index is -0.402. The van der Waals surface area contributed by atoms with Gasteiger partial charge in [0.05, 0.1) is 14.2 Å². The molecule has 0 radical (unpaired) electrons. The molecular formula is C23H22NO4+. The summed E-state index contributed by atoms with van der Waals surface area (Å²) >= 11 is 0. The van der Waals surface area contributed by atoms with Crippen molar-refractivity contribution in [1.82, 2.24) is 0 Å². The van der Waals surface area contributed by atoms with Gasteiger partial charge in [0.15, 0.2) is 0 Å². The highest BCUT2D eigenvalue weighted by Gasteiger charge is 2.12. The van der Waals surface area contributed by atoms with Crippen molar-refractivity contribution in [3.8, 4) is 11.5 Å². The van der Waals surface area contributed by atoms with Crippen LogP contribution in [0.4, 0.5) is 0 Å². The van der Waals surface area contributed by atoms with Gasteiger partial charge in [0.2, 0.25) is 0 Å². The normalized spacial score (nSPS) is 12.4. The molecule has 0 aliphatic carbocycles. The first kappa shape index (κ1) is 18.1. The van der Waals surface area contributed by atoms with Gasteiger partial charge in [-0.25, -0.2) is 4.79 Å². The topological polar surface area (TPSA) is 64.1 Å². The fourth-order valence-electron chi connectivity index (χ4n) is 3.61. The molecule has 28 heavy (non-hydrogen) atoms. The van der Waals surface area contributed by atoms with Gasteiger partial charge in [0.1, 0.15) is 30.2 Å². The second-order valence-corrected chi connectivity index (χ2v) is 7.13.